The maximum atomic E-state index is 12.8. The Bertz CT molecular complexity index is 787. The molecule has 160 valence electrons. The molecule has 9 heteroatoms. The fourth-order valence-corrected chi connectivity index (χ4v) is 4.23. The number of rotatable bonds is 13. The van der Waals surface area contributed by atoms with Crippen LogP contribution in [-0.4, -0.2) is 64.0 Å². The second-order valence-corrected chi connectivity index (χ2v) is 7.86. The van der Waals surface area contributed by atoms with Crippen molar-refractivity contribution in [2.24, 2.45) is 0 Å². The van der Waals surface area contributed by atoms with E-state index in [-0.39, 0.29) is 33.0 Å². The summed E-state index contributed by atoms with van der Waals surface area (Å²) in [4.78, 5) is 12.8. The van der Waals surface area contributed by atoms with Gasteiger partial charge in [-0.25, -0.2) is 0 Å². The van der Waals surface area contributed by atoms with Crippen LogP contribution >= 0.6 is 31.8 Å². The van der Waals surface area contributed by atoms with Crippen LogP contribution in [0.4, 0.5) is 0 Å². The van der Waals surface area contributed by atoms with Gasteiger partial charge in [-0.05, 0) is 46.7 Å². The molecule has 0 bridgehead atoms. The topological polar surface area (TPSA) is 54.0 Å². The average Bonchev–Trinajstić information content (AvgIpc) is 2.70. The number of hydrogen-bond donors (Lipinski definition) is 0. The summed E-state index contributed by atoms with van der Waals surface area (Å²) in [5, 5.41) is 1.43. The zero-order valence-corrected chi connectivity index (χ0v) is 19.0. The molecule has 0 fully saturated rings. The Morgan fingerprint density at radius 2 is 1.50 bits per heavy atom. The Balaban J connectivity index is 0.00000450. The molecule has 2 rings (SSSR count). The third kappa shape index (κ3) is 8.77. The van der Waals surface area contributed by atoms with Crippen molar-refractivity contribution in [3.63, 3.8) is 0 Å². The van der Waals surface area contributed by atoms with Gasteiger partial charge in [-0.15, -0.1) is 0 Å². The first-order valence-electron chi connectivity index (χ1n) is 9.37. The Kier molecular flexibility index (Phi) is 13.7. The molecule has 0 amide bonds. The number of halogens is 2. The Morgan fingerprint density at radius 3 is 2.10 bits per heavy atom. The average molecular weight is 467 g/mol. The third-order valence-corrected chi connectivity index (χ3v) is 5.57. The van der Waals surface area contributed by atoms with Gasteiger partial charge < -0.3 is 18.9 Å². The molecular weight excluding hydrogens is 441 g/mol. The number of carbonyl (C=O) groups is 1. The second kappa shape index (κ2) is 15.1. The van der Waals surface area contributed by atoms with Gasteiger partial charge in [0.05, 0.1) is 28.8 Å². The molecule has 1 unspecified atom stereocenters. The SMILES string of the molecule is CCOCCOc1ccc(PC(=O)c2c(Cl)cccc2Cl)c(OCCOCC)c1.[LiH]. The van der Waals surface area contributed by atoms with Crippen molar-refractivity contribution < 1.29 is 23.7 Å². The maximum absolute atomic E-state index is 12.8. The van der Waals surface area contributed by atoms with Crippen LogP contribution in [-0.2, 0) is 9.47 Å². The van der Waals surface area contributed by atoms with E-state index in [4.69, 9.17) is 42.1 Å². The second-order valence-electron chi connectivity index (χ2n) is 5.80. The summed E-state index contributed by atoms with van der Waals surface area (Å²) in [5.41, 5.74) is 0.173. The molecule has 0 saturated carbocycles. The normalized spacial score (nSPS) is 10.8. The molecule has 1 atom stereocenters. The molecule has 0 saturated heterocycles. The molecule has 0 N–H and O–H groups in total. The molecule has 0 heterocycles. The Labute approximate surface area is 201 Å². The van der Waals surface area contributed by atoms with Crippen molar-refractivity contribution in [2.45, 2.75) is 13.8 Å². The van der Waals surface area contributed by atoms with E-state index < -0.39 is 0 Å². The summed E-state index contributed by atoms with van der Waals surface area (Å²) in [7, 11) is -0.196. The predicted molar refractivity (Wildman–Crippen MR) is 126 cm³/mol. The predicted octanol–water partition coefficient (Wildman–Crippen LogP) is 4.32. The van der Waals surface area contributed by atoms with E-state index in [0.29, 0.717) is 66.7 Å². The molecule has 0 aliphatic rings. The van der Waals surface area contributed by atoms with E-state index in [0.717, 1.165) is 5.30 Å². The van der Waals surface area contributed by atoms with Crippen LogP contribution < -0.4 is 14.8 Å². The van der Waals surface area contributed by atoms with Gasteiger partial charge in [-0.3, -0.25) is 4.79 Å². The molecular formula is C21H26Cl2LiO5P. The number of carbonyl (C=O) groups excluding carboxylic acids is 1. The van der Waals surface area contributed by atoms with Crippen LogP contribution in [0.5, 0.6) is 11.5 Å². The van der Waals surface area contributed by atoms with Crippen molar-refractivity contribution in [1.29, 1.82) is 0 Å². The van der Waals surface area contributed by atoms with Gasteiger partial charge in [-0.1, -0.05) is 29.3 Å². The minimum absolute atomic E-state index is 0. The summed E-state index contributed by atoms with van der Waals surface area (Å²) in [6, 6.07) is 10.4. The summed E-state index contributed by atoms with van der Waals surface area (Å²) < 4.78 is 22.2. The van der Waals surface area contributed by atoms with Crippen LogP contribution in [0, 0.1) is 0 Å². The van der Waals surface area contributed by atoms with E-state index in [1.807, 2.05) is 26.0 Å². The summed E-state index contributed by atoms with van der Waals surface area (Å²) in [6.07, 6.45) is 0. The van der Waals surface area contributed by atoms with E-state index >= 15 is 0 Å². The first-order valence-corrected chi connectivity index (χ1v) is 11.1. The summed E-state index contributed by atoms with van der Waals surface area (Å²) in [6.45, 7) is 6.87. The molecule has 0 aliphatic heterocycles. The Morgan fingerprint density at radius 1 is 0.900 bits per heavy atom. The molecule has 0 aromatic heterocycles. The number of ether oxygens (including phenoxy) is 4. The molecule has 0 spiro atoms. The zero-order chi connectivity index (χ0) is 21.1. The fourth-order valence-electron chi connectivity index (χ4n) is 2.43. The molecule has 2 aromatic carbocycles. The van der Waals surface area contributed by atoms with Crippen molar-refractivity contribution in [1.82, 2.24) is 0 Å². The third-order valence-electron chi connectivity index (χ3n) is 3.78. The molecule has 5 nitrogen and oxygen atoms in total. The van der Waals surface area contributed by atoms with Gasteiger partial charge in [-0.2, -0.15) is 0 Å². The van der Waals surface area contributed by atoms with Crippen molar-refractivity contribution >= 4 is 61.5 Å². The van der Waals surface area contributed by atoms with Gasteiger partial charge >= 0.3 is 18.9 Å². The molecule has 0 radical (unpaired) electrons. The quantitative estimate of drug-likeness (QED) is 0.250. The van der Waals surface area contributed by atoms with E-state index in [1.54, 1.807) is 24.3 Å². The van der Waals surface area contributed by atoms with Gasteiger partial charge in [0, 0.05) is 24.6 Å². The van der Waals surface area contributed by atoms with Gasteiger partial charge in [0.25, 0.3) is 0 Å². The first kappa shape index (κ1) is 27.3. The summed E-state index contributed by atoms with van der Waals surface area (Å²) in [5.74, 6) is 1.22. The van der Waals surface area contributed by atoms with Crippen LogP contribution in [0.25, 0.3) is 0 Å². The first-order chi connectivity index (χ1) is 14.1. The van der Waals surface area contributed by atoms with Crippen LogP contribution in [0.3, 0.4) is 0 Å². The molecule has 2 aromatic rings. The van der Waals surface area contributed by atoms with E-state index in [9.17, 15) is 4.79 Å². The van der Waals surface area contributed by atoms with E-state index in [2.05, 4.69) is 0 Å². The van der Waals surface area contributed by atoms with Gasteiger partial charge in [0.15, 0.2) is 5.52 Å². The standard InChI is InChI=1S/C21H25Cl2O5P.Li.H/c1-3-25-10-12-27-15-8-9-19(18(14-15)28-13-11-26-4-2)29-21(24)20-16(22)6-5-7-17(20)23;;/h5-9,14,29H,3-4,10-13H2,1-2H3;;. The van der Waals surface area contributed by atoms with Gasteiger partial charge in [0.1, 0.15) is 24.7 Å². The monoisotopic (exact) mass is 466 g/mol. The summed E-state index contributed by atoms with van der Waals surface area (Å²) >= 11 is 12.4. The zero-order valence-electron chi connectivity index (χ0n) is 16.5. The number of benzene rings is 2. The van der Waals surface area contributed by atoms with Crippen LogP contribution in [0.1, 0.15) is 24.2 Å². The van der Waals surface area contributed by atoms with Gasteiger partial charge in [0.2, 0.25) is 0 Å². The molecule has 0 aliphatic carbocycles. The van der Waals surface area contributed by atoms with Crippen molar-refractivity contribution in [2.75, 3.05) is 39.6 Å². The van der Waals surface area contributed by atoms with Crippen LogP contribution in [0.15, 0.2) is 36.4 Å². The van der Waals surface area contributed by atoms with Crippen molar-refractivity contribution in [3.05, 3.63) is 52.0 Å². The van der Waals surface area contributed by atoms with Crippen LogP contribution in [0.2, 0.25) is 10.0 Å². The minimum atomic E-state index is -0.196. The molecule has 30 heavy (non-hydrogen) atoms. The Hall–Kier alpha value is -0.763. The van der Waals surface area contributed by atoms with E-state index in [1.165, 1.54) is 0 Å². The number of hydrogen-bond acceptors (Lipinski definition) is 5. The fraction of sp³-hybridized carbons (Fsp3) is 0.381. The van der Waals surface area contributed by atoms with Crippen molar-refractivity contribution in [3.8, 4) is 11.5 Å².